The van der Waals surface area contributed by atoms with Gasteiger partial charge in [0.2, 0.25) is 0 Å². The zero-order chi connectivity index (χ0) is 13.7. The van der Waals surface area contributed by atoms with E-state index in [-0.39, 0.29) is 11.9 Å². The van der Waals surface area contributed by atoms with Crippen LogP contribution in [-0.4, -0.2) is 16.8 Å². The third kappa shape index (κ3) is 4.54. The van der Waals surface area contributed by atoms with Crippen molar-refractivity contribution in [3.8, 4) is 0 Å². The topological polar surface area (TPSA) is 64.9 Å². The molecular weight excluding hydrogens is 261 g/mol. The lowest BCUT2D eigenvalue weighted by Crippen LogP contribution is -2.25. The van der Waals surface area contributed by atoms with E-state index in [1.54, 1.807) is 30.1 Å². The van der Waals surface area contributed by atoms with E-state index in [2.05, 4.69) is 4.98 Å². The fourth-order valence-electron chi connectivity index (χ4n) is 1.72. The third-order valence-electron chi connectivity index (χ3n) is 2.62. The molecule has 0 amide bonds. The second-order valence-corrected chi connectivity index (χ2v) is 5.41. The molecule has 19 heavy (non-hydrogen) atoms. The molecule has 0 spiro atoms. The van der Waals surface area contributed by atoms with Crippen molar-refractivity contribution in [1.82, 2.24) is 4.98 Å². The van der Waals surface area contributed by atoms with Gasteiger partial charge in [0.15, 0.2) is 0 Å². The highest BCUT2D eigenvalue weighted by Crippen LogP contribution is 2.19. The van der Waals surface area contributed by atoms with Gasteiger partial charge in [-0.15, -0.1) is 11.8 Å². The van der Waals surface area contributed by atoms with Crippen molar-refractivity contribution in [2.75, 3.05) is 11.5 Å². The van der Waals surface area contributed by atoms with Crippen LogP contribution in [0.1, 0.15) is 5.56 Å². The Morgan fingerprint density at radius 2 is 1.95 bits per heavy atom. The molecule has 0 fully saturated rings. The van der Waals surface area contributed by atoms with Crippen molar-refractivity contribution in [1.29, 1.82) is 0 Å². The molecular formula is C14H16FN3S. The number of nitrogens with two attached hydrogens (primary N) is 2. The first-order valence-electron chi connectivity index (χ1n) is 5.98. The molecule has 2 aromatic rings. The minimum Gasteiger partial charge on any atom is -0.384 e. The number of anilines is 1. The van der Waals surface area contributed by atoms with Gasteiger partial charge in [0.25, 0.3) is 0 Å². The molecule has 0 aliphatic rings. The summed E-state index contributed by atoms with van der Waals surface area (Å²) in [5, 5.41) is 0. The first-order valence-corrected chi connectivity index (χ1v) is 6.96. The molecule has 1 heterocycles. The van der Waals surface area contributed by atoms with Gasteiger partial charge in [-0.1, -0.05) is 0 Å². The van der Waals surface area contributed by atoms with Gasteiger partial charge in [0, 0.05) is 22.9 Å². The highest BCUT2D eigenvalue weighted by molar-refractivity contribution is 7.99. The standard InChI is InChI=1S/C14H16FN3S/c15-11-1-3-13(4-2-11)19-9-12(16)7-10-5-6-18-14(17)8-10/h1-6,8,12H,7,9,16H2,(H2,17,18). The summed E-state index contributed by atoms with van der Waals surface area (Å²) in [5.41, 5.74) is 12.8. The number of nitrogen functional groups attached to an aromatic ring is 1. The highest BCUT2D eigenvalue weighted by atomic mass is 32.2. The molecule has 0 saturated heterocycles. The Balaban J connectivity index is 1.84. The fourth-order valence-corrected chi connectivity index (χ4v) is 2.57. The molecule has 1 aromatic heterocycles. The van der Waals surface area contributed by atoms with Crippen molar-refractivity contribution in [3.63, 3.8) is 0 Å². The molecule has 0 aliphatic heterocycles. The summed E-state index contributed by atoms with van der Waals surface area (Å²) in [6.07, 6.45) is 2.44. The van der Waals surface area contributed by atoms with Crippen molar-refractivity contribution in [2.45, 2.75) is 17.4 Å². The first-order chi connectivity index (χ1) is 9.13. The Morgan fingerprint density at radius 1 is 1.21 bits per heavy atom. The predicted octanol–water partition coefficient (Wildman–Crippen LogP) is 2.47. The largest absolute Gasteiger partial charge is 0.384 e. The molecule has 2 rings (SSSR count). The number of pyridine rings is 1. The smallest absolute Gasteiger partial charge is 0.123 e. The number of nitrogens with zero attached hydrogens (tertiary/aromatic N) is 1. The molecule has 3 nitrogen and oxygen atoms in total. The predicted molar refractivity (Wildman–Crippen MR) is 77.5 cm³/mol. The average Bonchev–Trinajstić information content (AvgIpc) is 2.38. The summed E-state index contributed by atoms with van der Waals surface area (Å²) in [6, 6.07) is 10.2. The van der Waals surface area contributed by atoms with E-state index < -0.39 is 0 Å². The SMILES string of the molecule is Nc1cc(CC(N)CSc2ccc(F)cc2)ccn1. The molecule has 100 valence electrons. The molecule has 0 radical (unpaired) electrons. The number of benzene rings is 1. The van der Waals surface area contributed by atoms with Gasteiger partial charge in [-0.3, -0.25) is 0 Å². The summed E-state index contributed by atoms with van der Waals surface area (Å²) in [5.74, 6) is 1.06. The van der Waals surface area contributed by atoms with E-state index in [9.17, 15) is 4.39 Å². The number of hydrogen-bond acceptors (Lipinski definition) is 4. The van der Waals surface area contributed by atoms with Gasteiger partial charge >= 0.3 is 0 Å². The van der Waals surface area contributed by atoms with Gasteiger partial charge in [0.05, 0.1) is 0 Å². The van der Waals surface area contributed by atoms with Crippen LogP contribution >= 0.6 is 11.8 Å². The molecule has 1 unspecified atom stereocenters. The summed E-state index contributed by atoms with van der Waals surface area (Å²) >= 11 is 1.62. The van der Waals surface area contributed by atoms with Crippen LogP contribution in [0.25, 0.3) is 0 Å². The van der Waals surface area contributed by atoms with Crippen molar-refractivity contribution in [2.24, 2.45) is 5.73 Å². The van der Waals surface area contributed by atoms with Crippen molar-refractivity contribution >= 4 is 17.6 Å². The lowest BCUT2D eigenvalue weighted by atomic mass is 10.1. The average molecular weight is 277 g/mol. The molecule has 0 bridgehead atoms. The van der Waals surface area contributed by atoms with Crippen molar-refractivity contribution in [3.05, 3.63) is 54.0 Å². The third-order valence-corrected chi connectivity index (χ3v) is 3.82. The highest BCUT2D eigenvalue weighted by Gasteiger charge is 2.06. The fraction of sp³-hybridized carbons (Fsp3) is 0.214. The second kappa shape index (κ2) is 6.54. The van der Waals surface area contributed by atoms with E-state index in [1.165, 1.54) is 12.1 Å². The zero-order valence-electron chi connectivity index (χ0n) is 10.4. The normalized spacial score (nSPS) is 12.3. The molecule has 1 aromatic carbocycles. The van der Waals surface area contributed by atoms with Crippen LogP contribution in [0.2, 0.25) is 0 Å². The van der Waals surface area contributed by atoms with E-state index in [0.29, 0.717) is 5.82 Å². The first kappa shape index (κ1) is 13.8. The molecule has 4 N–H and O–H groups in total. The Hall–Kier alpha value is -1.59. The summed E-state index contributed by atoms with van der Waals surface area (Å²) in [6.45, 7) is 0. The van der Waals surface area contributed by atoms with Gasteiger partial charge in [0.1, 0.15) is 11.6 Å². The number of rotatable bonds is 5. The minimum absolute atomic E-state index is 0.0249. The van der Waals surface area contributed by atoms with E-state index in [1.807, 2.05) is 12.1 Å². The van der Waals surface area contributed by atoms with E-state index >= 15 is 0 Å². The Labute approximate surface area is 116 Å². The van der Waals surface area contributed by atoms with Crippen LogP contribution in [0.3, 0.4) is 0 Å². The van der Waals surface area contributed by atoms with Gasteiger partial charge in [-0.2, -0.15) is 0 Å². The van der Waals surface area contributed by atoms with Crippen LogP contribution in [0.5, 0.6) is 0 Å². The van der Waals surface area contributed by atoms with Gasteiger partial charge in [-0.05, 0) is 48.4 Å². The number of hydrogen-bond donors (Lipinski definition) is 2. The second-order valence-electron chi connectivity index (χ2n) is 4.32. The number of thioether (sulfide) groups is 1. The number of halogens is 1. The van der Waals surface area contributed by atoms with E-state index in [4.69, 9.17) is 11.5 Å². The molecule has 0 aliphatic carbocycles. The number of aromatic nitrogens is 1. The maximum Gasteiger partial charge on any atom is 0.123 e. The quantitative estimate of drug-likeness (QED) is 0.824. The lowest BCUT2D eigenvalue weighted by molar-refractivity contribution is 0.626. The van der Waals surface area contributed by atoms with Gasteiger partial charge < -0.3 is 11.5 Å². The monoisotopic (exact) mass is 277 g/mol. The lowest BCUT2D eigenvalue weighted by Gasteiger charge is -2.11. The Bertz CT molecular complexity index is 530. The molecule has 1 atom stereocenters. The summed E-state index contributed by atoms with van der Waals surface area (Å²) in [4.78, 5) is 4.96. The van der Waals surface area contributed by atoms with Crippen LogP contribution in [0.15, 0.2) is 47.5 Å². The maximum absolute atomic E-state index is 12.8. The van der Waals surface area contributed by atoms with Gasteiger partial charge in [-0.25, -0.2) is 9.37 Å². The van der Waals surface area contributed by atoms with E-state index in [0.717, 1.165) is 22.6 Å². The summed E-state index contributed by atoms with van der Waals surface area (Å²) < 4.78 is 12.8. The van der Waals surface area contributed by atoms with Crippen LogP contribution in [-0.2, 0) is 6.42 Å². The molecule has 0 saturated carbocycles. The Morgan fingerprint density at radius 3 is 2.63 bits per heavy atom. The van der Waals surface area contributed by atoms with Crippen LogP contribution in [0.4, 0.5) is 10.2 Å². The summed E-state index contributed by atoms with van der Waals surface area (Å²) in [7, 11) is 0. The molecule has 5 heteroatoms. The maximum atomic E-state index is 12.8. The Kier molecular flexibility index (Phi) is 4.76. The van der Waals surface area contributed by atoms with Crippen LogP contribution < -0.4 is 11.5 Å². The van der Waals surface area contributed by atoms with Crippen LogP contribution in [0, 0.1) is 5.82 Å². The minimum atomic E-state index is -0.221. The zero-order valence-corrected chi connectivity index (χ0v) is 11.2. The van der Waals surface area contributed by atoms with Crippen molar-refractivity contribution < 1.29 is 4.39 Å².